The van der Waals surface area contributed by atoms with Gasteiger partial charge in [0.05, 0.1) is 22.7 Å². The van der Waals surface area contributed by atoms with Crippen molar-refractivity contribution in [3.05, 3.63) is 99.1 Å². The van der Waals surface area contributed by atoms with E-state index in [1.54, 1.807) is 0 Å². The molecule has 0 N–H and O–H groups in total. The molecule has 2 amide bonds. The van der Waals surface area contributed by atoms with Crippen LogP contribution in [0, 0.1) is 21.7 Å². The molecule has 1 spiro atoms. The monoisotopic (exact) mass is 567 g/mol. The summed E-state index contributed by atoms with van der Waals surface area (Å²) in [5.41, 5.74) is -3.04. The number of nitro benzene ring substituents is 1. The first-order valence-electron chi connectivity index (χ1n) is 11.0. The number of fused-ring (bicyclic) bond motifs is 2. The Balaban J connectivity index is 1.76. The molecule has 0 aliphatic carbocycles. The average Bonchev–Trinajstić information content (AvgIpc) is 3.22. The molecule has 202 valence electrons. The van der Waals surface area contributed by atoms with E-state index in [0.29, 0.717) is 17.0 Å². The topological polar surface area (TPSA) is 118 Å². The molecule has 1 unspecified atom stereocenters. The summed E-state index contributed by atoms with van der Waals surface area (Å²) >= 11 is 0. The van der Waals surface area contributed by atoms with Crippen molar-refractivity contribution in [2.45, 2.75) is 17.6 Å². The number of benzene rings is 3. The Labute approximate surface area is 216 Å². The number of hydrogen-bond donors (Lipinski definition) is 0. The average molecular weight is 567 g/mol. The minimum atomic E-state index is -4.85. The number of anilines is 2. The second-order valence-electron chi connectivity index (χ2n) is 8.78. The zero-order valence-electron chi connectivity index (χ0n) is 19.3. The van der Waals surface area contributed by atoms with E-state index in [9.17, 15) is 50.1 Å². The summed E-state index contributed by atoms with van der Waals surface area (Å²) in [6.07, 6.45) is -4.73. The minimum absolute atomic E-state index is 0.0689. The number of carbonyl (C=O) groups is 2. The van der Waals surface area contributed by atoms with E-state index in [1.807, 2.05) is 0 Å². The van der Waals surface area contributed by atoms with E-state index in [4.69, 9.17) is 0 Å². The van der Waals surface area contributed by atoms with Gasteiger partial charge < -0.3 is 4.90 Å². The van der Waals surface area contributed by atoms with Crippen LogP contribution in [0.2, 0.25) is 0 Å². The van der Waals surface area contributed by atoms with Crippen LogP contribution in [0.5, 0.6) is 0 Å². The van der Waals surface area contributed by atoms with Crippen molar-refractivity contribution >= 4 is 38.7 Å². The second-order valence-corrected chi connectivity index (χ2v) is 10.9. The first kappa shape index (κ1) is 26.2. The number of nitro groups is 1. The molecule has 3 aromatic carbocycles. The molecule has 2 aliphatic rings. The number of non-ortho nitro benzene ring substituents is 1. The molecule has 1 atom stereocenters. The second kappa shape index (κ2) is 8.56. The SMILES string of the molecule is O=C1CS(=O)(=O)C2(C(=O)N(Cc3cccc(C(F)(F)F)c3)c3ccc([N+](=O)[O-])cc32)N1c1ccc(F)c(F)c1. The fraction of sp³-hybridized carbons (Fsp3) is 0.167. The minimum Gasteiger partial charge on any atom is -0.304 e. The first-order chi connectivity index (χ1) is 18.2. The molecule has 1 fully saturated rings. The van der Waals surface area contributed by atoms with Crippen LogP contribution in [0.15, 0.2) is 60.7 Å². The highest BCUT2D eigenvalue weighted by Gasteiger charge is 2.70. The fourth-order valence-electron chi connectivity index (χ4n) is 4.85. The Morgan fingerprint density at radius 3 is 2.33 bits per heavy atom. The summed E-state index contributed by atoms with van der Waals surface area (Å²) in [6.45, 7) is -0.607. The van der Waals surface area contributed by atoms with Gasteiger partial charge in [0.15, 0.2) is 21.5 Å². The fourth-order valence-corrected chi connectivity index (χ4v) is 6.87. The Bertz CT molecular complexity index is 1690. The van der Waals surface area contributed by atoms with Gasteiger partial charge in [-0.25, -0.2) is 17.2 Å². The van der Waals surface area contributed by atoms with Crippen molar-refractivity contribution in [3.63, 3.8) is 0 Å². The maximum atomic E-state index is 14.2. The number of carbonyl (C=O) groups excluding carboxylic acids is 2. The summed E-state index contributed by atoms with van der Waals surface area (Å²) in [5.74, 6) is -6.58. The molecule has 0 aromatic heterocycles. The molecular formula is C24H14F5N3O6S. The molecule has 2 heterocycles. The molecule has 39 heavy (non-hydrogen) atoms. The summed E-state index contributed by atoms with van der Waals surface area (Å²) in [6, 6.07) is 8.57. The summed E-state index contributed by atoms with van der Waals surface area (Å²) in [7, 11) is -4.85. The van der Waals surface area contributed by atoms with Gasteiger partial charge in [0.2, 0.25) is 5.91 Å². The van der Waals surface area contributed by atoms with Gasteiger partial charge in [0.1, 0.15) is 5.75 Å². The van der Waals surface area contributed by atoms with Gasteiger partial charge in [-0.3, -0.25) is 24.6 Å². The third-order valence-corrected chi connectivity index (χ3v) is 8.57. The van der Waals surface area contributed by atoms with Crippen LogP contribution in [0.3, 0.4) is 0 Å². The van der Waals surface area contributed by atoms with E-state index in [0.717, 1.165) is 47.4 Å². The molecular weight excluding hydrogens is 553 g/mol. The van der Waals surface area contributed by atoms with Crippen molar-refractivity contribution < 1.29 is 44.9 Å². The molecule has 0 saturated carbocycles. The number of halogens is 5. The van der Waals surface area contributed by atoms with Crippen LogP contribution in [0.1, 0.15) is 16.7 Å². The van der Waals surface area contributed by atoms with E-state index >= 15 is 0 Å². The summed E-state index contributed by atoms with van der Waals surface area (Å²) in [4.78, 5) is 36.0. The number of rotatable bonds is 4. The predicted octanol–water partition coefficient (Wildman–Crippen LogP) is 4.05. The molecule has 0 radical (unpaired) electrons. The Morgan fingerprint density at radius 1 is 0.974 bits per heavy atom. The van der Waals surface area contributed by atoms with Gasteiger partial charge in [-0.2, -0.15) is 13.2 Å². The number of sulfone groups is 1. The largest absolute Gasteiger partial charge is 0.416 e. The zero-order chi connectivity index (χ0) is 28.5. The van der Waals surface area contributed by atoms with Crippen molar-refractivity contribution in [3.8, 4) is 0 Å². The Kier molecular flexibility index (Phi) is 5.75. The summed E-state index contributed by atoms with van der Waals surface area (Å²) in [5, 5.41) is 11.5. The molecule has 1 saturated heterocycles. The normalized spacial score (nSPS) is 20.1. The highest BCUT2D eigenvalue weighted by atomic mass is 32.2. The lowest BCUT2D eigenvalue weighted by Crippen LogP contribution is -2.54. The van der Waals surface area contributed by atoms with Gasteiger partial charge >= 0.3 is 6.18 Å². The van der Waals surface area contributed by atoms with Gasteiger partial charge in [-0.05, 0) is 35.9 Å². The van der Waals surface area contributed by atoms with Crippen LogP contribution in [-0.4, -0.2) is 30.9 Å². The highest BCUT2D eigenvalue weighted by molar-refractivity contribution is 7.94. The molecule has 2 aliphatic heterocycles. The third-order valence-electron chi connectivity index (χ3n) is 6.47. The Morgan fingerprint density at radius 2 is 1.69 bits per heavy atom. The first-order valence-corrected chi connectivity index (χ1v) is 12.6. The van der Waals surface area contributed by atoms with E-state index < -0.39 is 84.1 Å². The van der Waals surface area contributed by atoms with Crippen LogP contribution in [-0.2, 0) is 37.0 Å². The van der Waals surface area contributed by atoms with Crippen LogP contribution in [0.4, 0.5) is 39.0 Å². The lowest BCUT2D eigenvalue weighted by Gasteiger charge is -2.32. The smallest absolute Gasteiger partial charge is 0.304 e. The third kappa shape index (κ3) is 3.83. The number of nitrogens with zero attached hydrogens (tertiary/aromatic N) is 3. The summed E-state index contributed by atoms with van der Waals surface area (Å²) < 4.78 is 94.8. The maximum Gasteiger partial charge on any atom is 0.416 e. The van der Waals surface area contributed by atoms with Crippen molar-refractivity contribution in [2.75, 3.05) is 15.6 Å². The predicted molar refractivity (Wildman–Crippen MR) is 125 cm³/mol. The molecule has 9 nitrogen and oxygen atoms in total. The van der Waals surface area contributed by atoms with Gasteiger partial charge in [0.25, 0.3) is 16.5 Å². The maximum absolute atomic E-state index is 14.2. The van der Waals surface area contributed by atoms with Crippen molar-refractivity contribution in [2.24, 2.45) is 0 Å². The van der Waals surface area contributed by atoms with Gasteiger partial charge in [-0.15, -0.1) is 0 Å². The number of hydrogen-bond acceptors (Lipinski definition) is 6. The number of alkyl halides is 3. The van der Waals surface area contributed by atoms with Crippen LogP contribution >= 0.6 is 0 Å². The zero-order valence-corrected chi connectivity index (χ0v) is 20.1. The molecule has 0 bridgehead atoms. The lowest BCUT2D eigenvalue weighted by atomic mass is 10.0. The van der Waals surface area contributed by atoms with Crippen LogP contribution < -0.4 is 9.80 Å². The van der Waals surface area contributed by atoms with E-state index in [1.165, 1.54) is 6.07 Å². The molecule has 3 aromatic rings. The number of amides is 2. The van der Waals surface area contributed by atoms with Gasteiger partial charge in [0, 0.05) is 29.4 Å². The standard InChI is InChI=1S/C24H14F5N3O6S/c25-18-6-4-15(10-19(18)26)31-21(33)12-39(37,38)23(31)17-9-16(32(35)36)5-7-20(17)30(22(23)34)11-13-2-1-3-14(8-13)24(27,28)29/h1-10H,11-12H2. The van der Waals surface area contributed by atoms with E-state index in [-0.39, 0.29) is 11.3 Å². The van der Waals surface area contributed by atoms with Gasteiger partial charge in [-0.1, -0.05) is 12.1 Å². The van der Waals surface area contributed by atoms with Crippen molar-refractivity contribution in [1.82, 2.24) is 0 Å². The molecule has 5 rings (SSSR count). The lowest BCUT2D eigenvalue weighted by molar-refractivity contribution is -0.384. The quantitative estimate of drug-likeness (QED) is 0.267. The van der Waals surface area contributed by atoms with Crippen molar-refractivity contribution in [1.29, 1.82) is 0 Å². The van der Waals surface area contributed by atoms with E-state index in [2.05, 4.69) is 0 Å². The van der Waals surface area contributed by atoms with Crippen LogP contribution in [0.25, 0.3) is 0 Å². The molecule has 15 heteroatoms. The highest BCUT2D eigenvalue weighted by Crippen LogP contribution is 2.53. The Hall–Kier alpha value is -4.40.